The normalized spacial score (nSPS) is 23.4. The molecule has 1 aliphatic rings. The Kier molecular flexibility index (Phi) is 5.52. The van der Waals surface area contributed by atoms with Gasteiger partial charge in [-0.15, -0.1) is 11.6 Å². The number of halogens is 1. The quantitative estimate of drug-likeness (QED) is 0.594. The molecule has 0 bridgehead atoms. The lowest BCUT2D eigenvalue weighted by Gasteiger charge is -2.16. The van der Waals surface area contributed by atoms with Gasteiger partial charge >= 0.3 is 0 Å². The molecule has 1 saturated heterocycles. The van der Waals surface area contributed by atoms with Crippen LogP contribution in [-0.2, 0) is 10.0 Å². The summed E-state index contributed by atoms with van der Waals surface area (Å²) in [6.07, 6.45) is 0.769. The van der Waals surface area contributed by atoms with Crippen LogP contribution in [0.4, 0.5) is 0 Å². The summed E-state index contributed by atoms with van der Waals surface area (Å²) in [6, 6.07) is 6.62. The second-order valence-electron chi connectivity index (χ2n) is 5.64. The van der Waals surface area contributed by atoms with Crippen molar-refractivity contribution in [1.82, 2.24) is 4.31 Å². The van der Waals surface area contributed by atoms with E-state index in [1.54, 1.807) is 28.6 Å². The van der Waals surface area contributed by atoms with Crippen LogP contribution in [0.5, 0.6) is 5.75 Å². The van der Waals surface area contributed by atoms with Crippen LogP contribution >= 0.6 is 11.6 Å². The maximum atomic E-state index is 12.6. The monoisotopic (exact) mass is 331 g/mol. The summed E-state index contributed by atoms with van der Waals surface area (Å²) in [6.45, 7) is 5.91. The molecule has 0 saturated carbocycles. The van der Waals surface area contributed by atoms with Crippen molar-refractivity contribution in [2.75, 3.05) is 25.6 Å². The van der Waals surface area contributed by atoms with Gasteiger partial charge in [0.15, 0.2) is 0 Å². The van der Waals surface area contributed by atoms with Crippen molar-refractivity contribution in [3.05, 3.63) is 24.3 Å². The summed E-state index contributed by atoms with van der Waals surface area (Å²) in [7, 11) is -3.39. The summed E-state index contributed by atoms with van der Waals surface area (Å²) in [4.78, 5) is 0.327. The molecule has 2 atom stereocenters. The summed E-state index contributed by atoms with van der Waals surface area (Å²) < 4.78 is 32.2. The molecular formula is C15H22ClNO3S. The first-order chi connectivity index (χ1) is 9.95. The minimum atomic E-state index is -3.39. The number of ether oxygens (including phenoxy) is 1. The van der Waals surface area contributed by atoms with E-state index in [4.69, 9.17) is 16.3 Å². The number of benzene rings is 1. The van der Waals surface area contributed by atoms with Gasteiger partial charge in [0.1, 0.15) is 5.75 Å². The van der Waals surface area contributed by atoms with E-state index in [-0.39, 0.29) is 0 Å². The summed E-state index contributed by atoms with van der Waals surface area (Å²) in [5.74, 6) is 2.02. The Morgan fingerprint density at radius 1 is 1.19 bits per heavy atom. The van der Waals surface area contributed by atoms with E-state index in [0.29, 0.717) is 48.1 Å². The van der Waals surface area contributed by atoms with Gasteiger partial charge in [-0.1, -0.05) is 13.8 Å². The van der Waals surface area contributed by atoms with Gasteiger partial charge in [-0.05, 0) is 42.5 Å². The molecule has 2 rings (SSSR count). The van der Waals surface area contributed by atoms with E-state index < -0.39 is 10.0 Å². The van der Waals surface area contributed by atoms with E-state index >= 15 is 0 Å². The molecule has 0 amide bonds. The van der Waals surface area contributed by atoms with Crippen molar-refractivity contribution in [2.45, 2.75) is 25.2 Å². The van der Waals surface area contributed by atoms with Crippen molar-refractivity contribution in [3.63, 3.8) is 0 Å². The third kappa shape index (κ3) is 3.90. The van der Waals surface area contributed by atoms with Crippen LogP contribution in [0.15, 0.2) is 29.2 Å². The molecule has 6 heteroatoms. The Morgan fingerprint density at radius 3 is 2.29 bits per heavy atom. The minimum absolute atomic E-state index is 0.327. The molecular weight excluding hydrogens is 310 g/mol. The molecule has 118 valence electrons. The molecule has 1 aromatic rings. The lowest BCUT2D eigenvalue weighted by atomic mass is 10.0. The first-order valence-corrected chi connectivity index (χ1v) is 9.21. The van der Waals surface area contributed by atoms with Gasteiger partial charge in [-0.25, -0.2) is 8.42 Å². The molecule has 0 aliphatic carbocycles. The predicted octanol–water partition coefficient (Wildman–Crippen LogP) is 2.97. The van der Waals surface area contributed by atoms with Crippen LogP contribution in [0.25, 0.3) is 0 Å². The van der Waals surface area contributed by atoms with Crippen molar-refractivity contribution < 1.29 is 13.2 Å². The molecule has 0 N–H and O–H groups in total. The third-order valence-corrected chi connectivity index (χ3v) is 6.08. The highest BCUT2D eigenvalue weighted by molar-refractivity contribution is 7.89. The molecule has 0 aromatic heterocycles. The van der Waals surface area contributed by atoms with Gasteiger partial charge in [0, 0.05) is 19.0 Å². The standard InChI is InChI=1S/C15H22ClNO3S/c1-12-10-17(11-13(12)2)21(18,19)15-6-4-14(5-7-15)20-9-3-8-16/h4-7,12-13H,3,8-11H2,1-2H3. The van der Waals surface area contributed by atoms with E-state index in [1.165, 1.54) is 0 Å². The molecule has 0 spiro atoms. The maximum absolute atomic E-state index is 12.6. The zero-order valence-electron chi connectivity index (χ0n) is 12.5. The van der Waals surface area contributed by atoms with Crippen LogP contribution in [-0.4, -0.2) is 38.3 Å². The van der Waals surface area contributed by atoms with Gasteiger partial charge in [-0.3, -0.25) is 0 Å². The molecule has 2 unspecified atom stereocenters. The van der Waals surface area contributed by atoms with Crippen LogP contribution in [0, 0.1) is 11.8 Å². The summed E-state index contributed by atoms with van der Waals surface area (Å²) in [5, 5.41) is 0. The SMILES string of the molecule is CC1CN(S(=O)(=O)c2ccc(OCCCCl)cc2)CC1C. The molecule has 1 aliphatic heterocycles. The Balaban J connectivity index is 2.07. The number of sulfonamides is 1. The van der Waals surface area contributed by atoms with E-state index in [9.17, 15) is 8.42 Å². The fourth-order valence-electron chi connectivity index (χ4n) is 2.37. The third-order valence-electron chi connectivity index (χ3n) is 3.96. The van der Waals surface area contributed by atoms with Gasteiger partial charge in [-0.2, -0.15) is 4.31 Å². The van der Waals surface area contributed by atoms with Crippen LogP contribution in [0.1, 0.15) is 20.3 Å². The fraction of sp³-hybridized carbons (Fsp3) is 0.600. The van der Waals surface area contributed by atoms with E-state index in [2.05, 4.69) is 13.8 Å². The number of rotatable bonds is 6. The predicted molar refractivity (Wildman–Crippen MR) is 84.4 cm³/mol. The van der Waals surface area contributed by atoms with Gasteiger partial charge in [0.25, 0.3) is 0 Å². The van der Waals surface area contributed by atoms with E-state index in [1.807, 2.05) is 0 Å². The molecule has 1 aromatic carbocycles. The van der Waals surface area contributed by atoms with E-state index in [0.717, 1.165) is 6.42 Å². The van der Waals surface area contributed by atoms with Gasteiger partial charge in [0.2, 0.25) is 10.0 Å². The summed E-state index contributed by atoms with van der Waals surface area (Å²) in [5.41, 5.74) is 0. The molecule has 21 heavy (non-hydrogen) atoms. The van der Waals surface area contributed by atoms with Crippen molar-refractivity contribution >= 4 is 21.6 Å². The fourth-order valence-corrected chi connectivity index (χ4v) is 4.12. The average Bonchev–Trinajstić information content (AvgIpc) is 2.80. The van der Waals surface area contributed by atoms with Crippen molar-refractivity contribution in [3.8, 4) is 5.75 Å². The highest BCUT2D eigenvalue weighted by atomic mass is 35.5. The highest BCUT2D eigenvalue weighted by Crippen LogP contribution is 2.28. The lowest BCUT2D eigenvalue weighted by molar-refractivity contribution is 0.318. The van der Waals surface area contributed by atoms with Crippen LogP contribution in [0.3, 0.4) is 0 Å². The lowest BCUT2D eigenvalue weighted by Crippen LogP contribution is -2.29. The second-order valence-corrected chi connectivity index (χ2v) is 7.95. The van der Waals surface area contributed by atoms with Gasteiger partial charge < -0.3 is 4.74 Å². The van der Waals surface area contributed by atoms with Crippen molar-refractivity contribution in [1.29, 1.82) is 0 Å². The first kappa shape index (κ1) is 16.6. The number of hydrogen-bond donors (Lipinski definition) is 0. The zero-order valence-corrected chi connectivity index (χ0v) is 14.0. The zero-order chi connectivity index (χ0) is 15.5. The molecule has 4 nitrogen and oxygen atoms in total. The number of nitrogens with zero attached hydrogens (tertiary/aromatic N) is 1. The maximum Gasteiger partial charge on any atom is 0.243 e. The van der Waals surface area contributed by atoms with Gasteiger partial charge in [0.05, 0.1) is 11.5 Å². The first-order valence-electron chi connectivity index (χ1n) is 7.24. The Hall–Kier alpha value is -0.780. The smallest absolute Gasteiger partial charge is 0.243 e. The molecule has 1 fully saturated rings. The van der Waals surface area contributed by atoms with Crippen molar-refractivity contribution in [2.24, 2.45) is 11.8 Å². The topological polar surface area (TPSA) is 46.6 Å². The Morgan fingerprint density at radius 2 is 1.76 bits per heavy atom. The Bertz CT molecular complexity index is 549. The largest absolute Gasteiger partial charge is 0.494 e. The average molecular weight is 332 g/mol. The highest BCUT2D eigenvalue weighted by Gasteiger charge is 2.34. The second kappa shape index (κ2) is 6.99. The minimum Gasteiger partial charge on any atom is -0.494 e. The van der Waals surface area contributed by atoms with Crippen LogP contribution in [0.2, 0.25) is 0 Å². The Labute approximate surface area is 132 Å². The molecule has 0 radical (unpaired) electrons. The molecule has 1 heterocycles. The number of alkyl halides is 1. The number of hydrogen-bond acceptors (Lipinski definition) is 3. The van der Waals surface area contributed by atoms with Crippen LogP contribution < -0.4 is 4.74 Å². The summed E-state index contributed by atoms with van der Waals surface area (Å²) >= 11 is 5.58.